The van der Waals surface area contributed by atoms with Gasteiger partial charge in [0.05, 0.1) is 12.0 Å². The van der Waals surface area contributed by atoms with Crippen LogP contribution in [0.3, 0.4) is 0 Å². The third-order valence-corrected chi connectivity index (χ3v) is 4.96. The second-order valence-electron chi connectivity index (χ2n) is 6.65. The van der Waals surface area contributed by atoms with Gasteiger partial charge in [0.15, 0.2) is 0 Å². The summed E-state index contributed by atoms with van der Waals surface area (Å²) in [6.07, 6.45) is 6.18. The first-order valence-corrected chi connectivity index (χ1v) is 7.39. The molecule has 0 aromatic carbocycles. The van der Waals surface area contributed by atoms with Crippen molar-refractivity contribution in [1.82, 2.24) is 9.80 Å². The highest BCUT2D eigenvalue weighted by Crippen LogP contribution is 2.30. The standard InChI is InChI=1S/C15H27N3/c1-15(2)12-18(10-9-17(15)3)14-8-6-4-5-7-13(14)11-16/h13-14H,4-10,12H2,1-3H3. The van der Waals surface area contributed by atoms with Gasteiger partial charge < -0.3 is 0 Å². The van der Waals surface area contributed by atoms with E-state index < -0.39 is 0 Å². The van der Waals surface area contributed by atoms with Crippen molar-refractivity contribution in [3.8, 4) is 6.07 Å². The van der Waals surface area contributed by atoms with Gasteiger partial charge in [0.2, 0.25) is 0 Å². The molecule has 2 rings (SSSR count). The second kappa shape index (κ2) is 5.59. The Labute approximate surface area is 112 Å². The van der Waals surface area contributed by atoms with Crippen LogP contribution in [0.2, 0.25) is 0 Å². The van der Waals surface area contributed by atoms with Gasteiger partial charge in [-0.2, -0.15) is 5.26 Å². The molecule has 1 heterocycles. The zero-order valence-electron chi connectivity index (χ0n) is 12.2. The lowest BCUT2D eigenvalue weighted by atomic mass is 9.91. The minimum atomic E-state index is 0.241. The molecule has 18 heavy (non-hydrogen) atoms. The number of nitriles is 1. The summed E-state index contributed by atoms with van der Waals surface area (Å²) < 4.78 is 0. The molecule has 1 aliphatic heterocycles. The van der Waals surface area contributed by atoms with E-state index in [0.717, 1.165) is 26.1 Å². The van der Waals surface area contributed by atoms with E-state index in [1.54, 1.807) is 0 Å². The average molecular weight is 249 g/mol. The molecule has 1 saturated carbocycles. The molecule has 2 fully saturated rings. The Kier molecular flexibility index (Phi) is 4.29. The first-order chi connectivity index (χ1) is 8.54. The zero-order chi connectivity index (χ0) is 13.2. The largest absolute Gasteiger partial charge is 0.299 e. The quantitative estimate of drug-likeness (QED) is 0.669. The van der Waals surface area contributed by atoms with Crippen molar-refractivity contribution in [2.24, 2.45) is 5.92 Å². The van der Waals surface area contributed by atoms with Gasteiger partial charge in [-0.1, -0.05) is 19.3 Å². The Morgan fingerprint density at radius 2 is 1.83 bits per heavy atom. The van der Waals surface area contributed by atoms with Crippen LogP contribution in [0.15, 0.2) is 0 Å². The maximum Gasteiger partial charge on any atom is 0.0672 e. The smallest absolute Gasteiger partial charge is 0.0672 e. The van der Waals surface area contributed by atoms with Gasteiger partial charge in [0.25, 0.3) is 0 Å². The molecular weight excluding hydrogens is 222 g/mol. The Hall–Kier alpha value is -0.590. The molecule has 0 radical (unpaired) electrons. The van der Waals surface area contributed by atoms with Crippen molar-refractivity contribution in [2.75, 3.05) is 26.7 Å². The normalized spacial score (nSPS) is 34.8. The van der Waals surface area contributed by atoms with Crippen LogP contribution in [0.5, 0.6) is 0 Å². The molecule has 0 aromatic rings. The molecule has 0 aromatic heterocycles. The molecule has 102 valence electrons. The van der Waals surface area contributed by atoms with Crippen LogP contribution >= 0.6 is 0 Å². The first-order valence-electron chi connectivity index (χ1n) is 7.39. The van der Waals surface area contributed by atoms with E-state index in [4.69, 9.17) is 0 Å². The van der Waals surface area contributed by atoms with E-state index >= 15 is 0 Å². The monoisotopic (exact) mass is 249 g/mol. The minimum Gasteiger partial charge on any atom is -0.299 e. The fraction of sp³-hybridized carbons (Fsp3) is 0.933. The highest BCUT2D eigenvalue weighted by molar-refractivity contribution is 4.98. The van der Waals surface area contributed by atoms with Gasteiger partial charge in [-0.3, -0.25) is 9.80 Å². The number of nitrogens with zero attached hydrogens (tertiary/aromatic N) is 3. The van der Waals surface area contributed by atoms with Crippen LogP contribution in [-0.4, -0.2) is 48.1 Å². The lowest BCUT2D eigenvalue weighted by molar-refractivity contribution is 0.00577. The van der Waals surface area contributed by atoms with Crippen molar-refractivity contribution >= 4 is 0 Å². The number of hydrogen-bond donors (Lipinski definition) is 0. The first kappa shape index (κ1) is 13.8. The predicted molar refractivity (Wildman–Crippen MR) is 74.3 cm³/mol. The molecular formula is C15H27N3. The molecule has 3 heteroatoms. The lowest BCUT2D eigenvalue weighted by Crippen LogP contribution is -2.60. The molecule has 0 N–H and O–H groups in total. The third-order valence-electron chi connectivity index (χ3n) is 4.96. The Bertz CT molecular complexity index is 318. The summed E-state index contributed by atoms with van der Waals surface area (Å²) >= 11 is 0. The topological polar surface area (TPSA) is 30.3 Å². The molecule has 0 bridgehead atoms. The summed E-state index contributed by atoms with van der Waals surface area (Å²) in [5, 5.41) is 9.41. The van der Waals surface area contributed by atoms with E-state index in [1.807, 2.05) is 0 Å². The molecule has 0 amide bonds. The summed E-state index contributed by atoms with van der Waals surface area (Å²) in [5.41, 5.74) is 0.241. The average Bonchev–Trinajstić information content (AvgIpc) is 2.57. The molecule has 2 atom stereocenters. The van der Waals surface area contributed by atoms with E-state index in [-0.39, 0.29) is 11.5 Å². The van der Waals surface area contributed by atoms with Crippen molar-refractivity contribution in [1.29, 1.82) is 5.26 Å². The highest BCUT2D eigenvalue weighted by Gasteiger charge is 2.37. The van der Waals surface area contributed by atoms with Gasteiger partial charge in [0.1, 0.15) is 0 Å². The lowest BCUT2D eigenvalue weighted by Gasteiger charge is -2.48. The van der Waals surface area contributed by atoms with Gasteiger partial charge in [-0.25, -0.2) is 0 Å². The Morgan fingerprint density at radius 3 is 2.50 bits per heavy atom. The maximum atomic E-state index is 9.41. The van der Waals surface area contributed by atoms with Gasteiger partial charge >= 0.3 is 0 Å². The summed E-state index contributed by atoms with van der Waals surface area (Å²) in [6, 6.07) is 3.08. The molecule has 1 saturated heterocycles. The fourth-order valence-corrected chi connectivity index (χ4v) is 3.44. The zero-order valence-corrected chi connectivity index (χ0v) is 12.2. The number of rotatable bonds is 1. The number of likely N-dealkylation sites (N-methyl/N-ethyl adjacent to an activating group) is 1. The van der Waals surface area contributed by atoms with Crippen LogP contribution in [-0.2, 0) is 0 Å². The summed E-state index contributed by atoms with van der Waals surface area (Å²) in [5.74, 6) is 0.256. The second-order valence-corrected chi connectivity index (χ2v) is 6.65. The van der Waals surface area contributed by atoms with Crippen LogP contribution in [0.4, 0.5) is 0 Å². The number of hydrogen-bond acceptors (Lipinski definition) is 3. The predicted octanol–water partition coefficient (Wildman–Crippen LogP) is 2.48. The number of piperazine rings is 1. The Balaban J connectivity index is 2.07. The van der Waals surface area contributed by atoms with Crippen LogP contribution in [0.25, 0.3) is 0 Å². The SMILES string of the molecule is CN1CCN(C2CCCCCC2C#N)CC1(C)C. The molecule has 2 aliphatic rings. The van der Waals surface area contributed by atoms with Crippen molar-refractivity contribution in [3.05, 3.63) is 0 Å². The molecule has 3 nitrogen and oxygen atoms in total. The molecule has 2 unspecified atom stereocenters. The highest BCUT2D eigenvalue weighted by atomic mass is 15.3. The van der Waals surface area contributed by atoms with E-state index in [2.05, 4.69) is 36.8 Å². The summed E-state index contributed by atoms with van der Waals surface area (Å²) in [4.78, 5) is 5.04. The molecule has 0 spiro atoms. The summed E-state index contributed by atoms with van der Waals surface area (Å²) in [7, 11) is 2.21. The van der Waals surface area contributed by atoms with Crippen molar-refractivity contribution < 1.29 is 0 Å². The third kappa shape index (κ3) is 2.87. The van der Waals surface area contributed by atoms with Crippen molar-refractivity contribution in [2.45, 2.75) is 57.5 Å². The maximum absolute atomic E-state index is 9.41. The molecule has 1 aliphatic carbocycles. The van der Waals surface area contributed by atoms with Crippen LogP contribution in [0, 0.1) is 17.2 Å². The Morgan fingerprint density at radius 1 is 1.11 bits per heavy atom. The van der Waals surface area contributed by atoms with E-state index in [1.165, 1.54) is 25.7 Å². The van der Waals surface area contributed by atoms with Crippen LogP contribution in [0.1, 0.15) is 46.0 Å². The van der Waals surface area contributed by atoms with E-state index in [0.29, 0.717) is 6.04 Å². The van der Waals surface area contributed by atoms with E-state index in [9.17, 15) is 5.26 Å². The van der Waals surface area contributed by atoms with Gasteiger partial charge in [0, 0.05) is 31.2 Å². The fourth-order valence-electron chi connectivity index (χ4n) is 3.44. The van der Waals surface area contributed by atoms with Crippen molar-refractivity contribution in [3.63, 3.8) is 0 Å². The summed E-state index contributed by atoms with van der Waals surface area (Å²) in [6.45, 7) is 7.99. The minimum absolute atomic E-state index is 0.241. The van der Waals surface area contributed by atoms with Gasteiger partial charge in [-0.05, 0) is 33.7 Å². The van der Waals surface area contributed by atoms with Crippen LogP contribution < -0.4 is 0 Å². The van der Waals surface area contributed by atoms with Gasteiger partial charge in [-0.15, -0.1) is 0 Å².